The Kier molecular flexibility index (Phi) is 4.95. The summed E-state index contributed by atoms with van der Waals surface area (Å²) in [6, 6.07) is 3.11. The molecule has 0 fully saturated rings. The molecular weight excluding hydrogens is 370 g/mol. The number of benzene rings is 1. The minimum absolute atomic E-state index is 0.195. The summed E-state index contributed by atoms with van der Waals surface area (Å²) in [5.74, 6) is -2.70. The van der Waals surface area contributed by atoms with Crippen LogP contribution < -0.4 is 10.4 Å². The lowest BCUT2D eigenvalue weighted by Gasteiger charge is -2.09. The molecule has 1 unspecified atom stereocenters. The summed E-state index contributed by atoms with van der Waals surface area (Å²) in [5.41, 5.74) is -2.43. The average molecular weight is 379 g/mol. The van der Waals surface area contributed by atoms with Crippen molar-refractivity contribution in [3.05, 3.63) is 39.8 Å². The fourth-order valence-electron chi connectivity index (χ4n) is 1.87. The fraction of sp³-hybridized carbons (Fsp3) is 0.250. The molecule has 0 amide bonds. The zero-order valence-electron chi connectivity index (χ0n) is 12.6. The molecular formula is C12H9F4N5O3S. The summed E-state index contributed by atoms with van der Waals surface area (Å²) < 4.78 is 71.1. The van der Waals surface area contributed by atoms with Crippen molar-refractivity contribution in [2.75, 3.05) is 11.8 Å². The second-order valence-electron chi connectivity index (χ2n) is 4.54. The number of hydrogen-bond donors (Lipinski definition) is 1. The SMILES string of the molecule is COS(=O)Nc1cc(-n2nc(C(F)(F)F)n(C)c2=O)c(F)cc1C#N. The Balaban J connectivity index is 2.69. The van der Waals surface area contributed by atoms with Crippen molar-refractivity contribution in [1.29, 1.82) is 5.26 Å². The van der Waals surface area contributed by atoms with Crippen LogP contribution in [0.1, 0.15) is 11.4 Å². The Labute approximate surface area is 140 Å². The highest BCUT2D eigenvalue weighted by Crippen LogP contribution is 2.28. The van der Waals surface area contributed by atoms with Gasteiger partial charge in [0, 0.05) is 7.05 Å². The van der Waals surface area contributed by atoms with E-state index < -0.39 is 40.5 Å². The number of nitriles is 1. The van der Waals surface area contributed by atoms with Gasteiger partial charge in [0.1, 0.15) is 11.8 Å². The van der Waals surface area contributed by atoms with Crippen LogP contribution in [0.5, 0.6) is 0 Å². The largest absolute Gasteiger partial charge is 0.451 e. The third-order valence-electron chi connectivity index (χ3n) is 3.01. The molecule has 0 bridgehead atoms. The zero-order chi connectivity index (χ0) is 18.9. The fourth-order valence-corrected chi connectivity index (χ4v) is 2.31. The van der Waals surface area contributed by atoms with Crippen LogP contribution in [0.2, 0.25) is 0 Å². The van der Waals surface area contributed by atoms with Crippen LogP contribution in [-0.2, 0) is 28.7 Å². The molecule has 8 nitrogen and oxygen atoms in total. The average Bonchev–Trinajstić information content (AvgIpc) is 2.84. The van der Waals surface area contributed by atoms with E-state index >= 15 is 0 Å². The lowest BCUT2D eigenvalue weighted by atomic mass is 10.1. The van der Waals surface area contributed by atoms with E-state index in [-0.39, 0.29) is 20.5 Å². The van der Waals surface area contributed by atoms with E-state index in [0.29, 0.717) is 6.07 Å². The number of nitrogens with zero attached hydrogens (tertiary/aromatic N) is 4. The van der Waals surface area contributed by atoms with Gasteiger partial charge >= 0.3 is 11.9 Å². The number of hydrogen-bond acceptors (Lipinski definition) is 5. The van der Waals surface area contributed by atoms with Gasteiger partial charge < -0.3 is 0 Å². The van der Waals surface area contributed by atoms with Crippen molar-refractivity contribution in [1.82, 2.24) is 14.3 Å². The molecule has 2 rings (SSSR count). The van der Waals surface area contributed by atoms with Crippen LogP contribution in [0, 0.1) is 17.1 Å². The molecule has 25 heavy (non-hydrogen) atoms. The molecule has 0 spiro atoms. The van der Waals surface area contributed by atoms with Gasteiger partial charge in [-0.3, -0.25) is 13.5 Å². The van der Waals surface area contributed by atoms with E-state index in [1.165, 1.54) is 0 Å². The summed E-state index contributed by atoms with van der Waals surface area (Å²) in [7, 11) is 1.91. The molecule has 0 aliphatic carbocycles. The number of halogens is 4. The van der Waals surface area contributed by atoms with Crippen molar-refractivity contribution < 1.29 is 26.0 Å². The second kappa shape index (κ2) is 6.65. The van der Waals surface area contributed by atoms with Gasteiger partial charge in [-0.05, 0) is 12.1 Å². The van der Waals surface area contributed by atoms with Crippen LogP contribution in [0.15, 0.2) is 16.9 Å². The molecule has 13 heteroatoms. The Morgan fingerprint density at radius 1 is 1.40 bits per heavy atom. The second-order valence-corrected chi connectivity index (χ2v) is 5.55. The highest BCUT2D eigenvalue weighted by molar-refractivity contribution is 7.81. The van der Waals surface area contributed by atoms with E-state index in [1.54, 1.807) is 6.07 Å². The van der Waals surface area contributed by atoms with E-state index in [9.17, 15) is 26.6 Å². The first kappa shape index (κ1) is 18.6. The van der Waals surface area contributed by atoms with Crippen molar-refractivity contribution >= 4 is 17.0 Å². The van der Waals surface area contributed by atoms with Crippen LogP contribution in [0.3, 0.4) is 0 Å². The molecule has 1 aromatic carbocycles. The summed E-state index contributed by atoms with van der Waals surface area (Å²) in [6.07, 6.45) is -4.93. The topological polar surface area (TPSA) is 102 Å². The van der Waals surface area contributed by atoms with Crippen LogP contribution in [-0.4, -0.2) is 25.7 Å². The molecule has 0 saturated carbocycles. The molecule has 1 N–H and O–H groups in total. The van der Waals surface area contributed by atoms with Crippen LogP contribution in [0.25, 0.3) is 5.69 Å². The van der Waals surface area contributed by atoms with Gasteiger partial charge in [0.15, 0.2) is 5.82 Å². The molecule has 0 saturated heterocycles. The molecule has 2 aromatic rings. The number of aromatic nitrogens is 3. The predicted molar refractivity (Wildman–Crippen MR) is 77.3 cm³/mol. The van der Waals surface area contributed by atoms with Gasteiger partial charge in [-0.2, -0.15) is 23.1 Å². The normalized spacial score (nSPS) is 12.7. The maximum Gasteiger partial charge on any atom is 0.451 e. The summed E-state index contributed by atoms with van der Waals surface area (Å²) in [6.45, 7) is 0. The summed E-state index contributed by atoms with van der Waals surface area (Å²) in [5, 5.41) is 12.1. The first-order chi connectivity index (χ1) is 11.6. The molecule has 0 radical (unpaired) electrons. The van der Waals surface area contributed by atoms with Gasteiger partial charge in [0.25, 0.3) is 11.3 Å². The van der Waals surface area contributed by atoms with Gasteiger partial charge in [0.05, 0.1) is 18.4 Å². The smallest absolute Gasteiger partial charge is 0.281 e. The Bertz CT molecular complexity index is 944. The molecule has 1 aromatic heterocycles. The highest BCUT2D eigenvalue weighted by Gasteiger charge is 2.38. The third-order valence-corrected chi connectivity index (χ3v) is 3.70. The molecule has 0 aliphatic rings. The Morgan fingerprint density at radius 3 is 2.52 bits per heavy atom. The predicted octanol–water partition coefficient (Wildman–Crippen LogP) is 1.24. The van der Waals surface area contributed by atoms with E-state index in [1.807, 2.05) is 0 Å². The maximum atomic E-state index is 14.2. The standard InChI is InChI=1S/C12H9F4N5O3S/c1-20-10(12(14,15)16)18-21(11(20)22)9-4-8(19-25(23)24-2)6(5-17)3-7(9)13/h3-4,19H,1-2H3. The maximum absolute atomic E-state index is 14.2. The third kappa shape index (κ3) is 3.54. The van der Waals surface area contributed by atoms with Crippen molar-refractivity contribution in [3.63, 3.8) is 0 Å². The monoisotopic (exact) mass is 379 g/mol. The Morgan fingerprint density at radius 2 is 2.04 bits per heavy atom. The summed E-state index contributed by atoms with van der Waals surface area (Å²) >= 11 is -2.10. The Hall–Kier alpha value is -2.72. The molecule has 1 heterocycles. The highest BCUT2D eigenvalue weighted by atomic mass is 32.2. The van der Waals surface area contributed by atoms with Gasteiger partial charge in [-0.25, -0.2) is 13.4 Å². The number of alkyl halides is 3. The number of rotatable bonds is 4. The van der Waals surface area contributed by atoms with Gasteiger partial charge in [0.2, 0.25) is 5.82 Å². The van der Waals surface area contributed by atoms with E-state index in [2.05, 4.69) is 14.0 Å². The van der Waals surface area contributed by atoms with Crippen LogP contribution >= 0.6 is 0 Å². The van der Waals surface area contributed by atoms with Crippen molar-refractivity contribution in [2.45, 2.75) is 6.18 Å². The van der Waals surface area contributed by atoms with Crippen LogP contribution in [0.4, 0.5) is 23.2 Å². The lowest BCUT2D eigenvalue weighted by Crippen LogP contribution is -2.24. The minimum Gasteiger partial charge on any atom is -0.281 e. The lowest BCUT2D eigenvalue weighted by molar-refractivity contribution is -0.147. The molecule has 1 atom stereocenters. The summed E-state index contributed by atoms with van der Waals surface area (Å²) in [4.78, 5) is 12.0. The van der Waals surface area contributed by atoms with E-state index in [4.69, 9.17) is 5.26 Å². The van der Waals surface area contributed by atoms with E-state index in [0.717, 1.165) is 20.2 Å². The van der Waals surface area contributed by atoms with Gasteiger partial charge in [-0.15, -0.1) is 5.10 Å². The first-order valence-electron chi connectivity index (χ1n) is 6.30. The number of nitrogens with one attached hydrogen (secondary N) is 1. The number of anilines is 1. The van der Waals surface area contributed by atoms with Gasteiger partial charge in [-0.1, -0.05) is 0 Å². The molecule has 0 aliphatic heterocycles. The van der Waals surface area contributed by atoms with Crippen molar-refractivity contribution in [3.8, 4) is 11.8 Å². The minimum atomic E-state index is -4.93. The first-order valence-corrected chi connectivity index (χ1v) is 7.37. The zero-order valence-corrected chi connectivity index (χ0v) is 13.4. The van der Waals surface area contributed by atoms with Crippen molar-refractivity contribution in [2.24, 2.45) is 7.05 Å². The molecule has 134 valence electrons. The quantitative estimate of drug-likeness (QED) is 0.806.